The second-order valence-electron chi connectivity index (χ2n) is 4.91. The summed E-state index contributed by atoms with van der Waals surface area (Å²) in [4.78, 5) is 1.94. The third-order valence-electron chi connectivity index (χ3n) is 2.88. The van der Waals surface area contributed by atoms with Crippen LogP contribution in [0.3, 0.4) is 0 Å². The Morgan fingerprint density at radius 3 is 2.32 bits per heavy atom. The maximum absolute atomic E-state index is 13.0. The lowest BCUT2D eigenvalue weighted by Gasteiger charge is -2.26. The van der Waals surface area contributed by atoms with Crippen molar-refractivity contribution >= 4 is 17.3 Å². The molecule has 0 unspecified atom stereocenters. The standard InChI is InChI=1S/C14H19ClF3N/c1-4-19(9-10(2)3)12-6-5-11(8-15)13(7-12)14(16,17)18/h5-7,10H,4,8-9H2,1-3H3. The predicted molar refractivity (Wildman–Crippen MR) is 73.7 cm³/mol. The van der Waals surface area contributed by atoms with Gasteiger partial charge in [0, 0.05) is 24.7 Å². The lowest BCUT2D eigenvalue weighted by Crippen LogP contribution is -2.27. The molecule has 0 radical (unpaired) electrons. The smallest absolute Gasteiger partial charge is 0.372 e. The predicted octanol–water partition coefficient (Wildman–Crippen LogP) is 4.93. The van der Waals surface area contributed by atoms with Gasteiger partial charge in [0.1, 0.15) is 0 Å². The SMILES string of the molecule is CCN(CC(C)C)c1ccc(CCl)c(C(F)(F)F)c1. The van der Waals surface area contributed by atoms with Gasteiger partial charge in [0.2, 0.25) is 0 Å². The van der Waals surface area contributed by atoms with Crippen molar-refractivity contribution in [3.05, 3.63) is 29.3 Å². The van der Waals surface area contributed by atoms with Crippen molar-refractivity contribution in [3.63, 3.8) is 0 Å². The summed E-state index contributed by atoms with van der Waals surface area (Å²) >= 11 is 5.57. The Morgan fingerprint density at radius 2 is 1.89 bits per heavy atom. The van der Waals surface area contributed by atoms with E-state index in [1.165, 1.54) is 12.1 Å². The Morgan fingerprint density at radius 1 is 1.26 bits per heavy atom. The maximum atomic E-state index is 13.0. The van der Waals surface area contributed by atoms with Crippen LogP contribution in [0.5, 0.6) is 0 Å². The van der Waals surface area contributed by atoms with Gasteiger partial charge in [-0.2, -0.15) is 13.2 Å². The molecule has 0 N–H and O–H groups in total. The number of halogens is 4. The molecule has 5 heteroatoms. The van der Waals surface area contributed by atoms with E-state index < -0.39 is 11.7 Å². The van der Waals surface area contributed by atoms with Crippen LogP contribution in [0.1, 0.15) is 31.9 Å². The van der Waals surface area contributed by atoms with E-state index in [2.05, 4.69) is 0 Å². The van der Waals surface area contributed by atoms with Gasteiger partial charge in [0.15, 0.2) is 0 Å². The first-order chi connectivity index (χ1) is 8.79. The zero-order valence-corrected chi connectivity index (χ0v) is 12.1. The molecule has 1 aromatic carbocycles. The summed E-state index contributed by atoms with van der Waals surface area (Å²) in [6, 6.07) is 4.37. The highest BCUT2D eigenvalue weighted by atomic mass is 35.5. The Balaban J connectivity index is 3.16. The average Bonchev–Trinajstić information content (AvgIpc) is 2.34. The number of alkyl halides is 4. The average molecular weight is 294 g/mol. The van der Waals surface area contributed by atoms with Gasteiger partial charge in [0.25, 0.3) is 0 Å². The molecule has 0 saturated heterocycles. The van der Waals surface area contributed by atoms with Crippen LogP contribution < -0.4 is 4.90 Å². The normalized spacial score (nSPS) is 12.0. The van der Waals surface area contributed by atoms with Crippen LogP contribution in [-0.2, 0) is 12.1 Å². The Kier molecular flexibility index (Phi) is 5.53. The maximum Gasteiger partial charge on any atom is 0.416 e. The molecule has 1 aromatic rings. The van der Waals surface area contributed by atoms with E-state index in [9.17, 15) is 13.2 Å². The Hall–Kier alpha value is -0.900. The van der Waals surface area contributed by atoms with Crippen LogP contribution in [0.15, 0.2) is 18.2 Å². The number of nitrogens with zero attached hydrogens (tertiary/aromatic N) is 1. The highest BCUT2D eigenvalue weighted by Crippen LogP contribution is 2.35. The zero-order chi connectivity index (χ0) is 14.6. The fourth-order valence-electron chi connectivity index (χ4n) is 2.00. The van der Waals surface area contributed by atoms with Crippen LogP contribution in [0, 0.1) is 5.92 Å². The van der Waals surface area contributed by atoms with Gasteiger partial charge in [-0.15, -0.1) is 11.6 Å². The Bertz CT molecular complexity index is 416. The minimum Gasteiger partial charge on any atom is -0.372 e. The molecule has 1 rings (SSSR count). The second kappa shape index (κ2) is 6.51. The summed E-state index contributed by atoms with van der Waals surface area (Å²) in [6.07, 6.45) is -4.36. The number of anilines is 1. The van der Waals surface area contributed by atoms with Gasteiger partial charge in [-0.1, -0.05) is 19.9 Å². The van der Waals surface area contributed by atoms with Gasteiger partial charge < -0.3 is 4.90 Å². The van der Waals surface area contributed by atoms with Gasteiger partial charge in [-0.25, -0.2) is 0 Å². The fourth-order valence-corrected chi connectivity index (χ4v) is 2.23. The van der Waals surface area contributed by atoms with Crippen molar-refractivity contribution in [1.82, 2.24) is 0 Å². The molecule has 19 heavy (non-hydrogen) atoms. The molecule has 108 valence electrons. The number of hydrogen-bond donors (Lipinski definition) is 0. The van der Waals surface area contributed by atoms with Crippen LogP contribution in [-0.4, -0.2) is 13.1 Å². The minimum absolute atomic E-state index is 0.124. The van der Waals surface area contributed by atoms with Gasteiger partial charge in [-0.3, -0.25) is 0 Å². The summed E-state index contributed by atoms with van der Waals surface area (Å²) < 4.78 is 38.9. The number of benzene rings is 1. The third kappa shape index (κ3) is 4.30. The first-order valence-electron chi connectivity index (χ1n) is 6.30. The van der Waals surface area contributed by atoms with E-state index in [4.69, 9.17) is 11.6 Å². The fraction of sp³-hybridized carbons (Fsp3) is 0.571. The zero-order valence-electron chi connectivity index (χ0n) is 11.4. The highest BCUT2D eigenvalue weighted by Gasteiger charge is 2.33. The van der Waals surface area contributed by atoms with Crippen LogP contribution in [0.25, 0.3) is 0 Å². The van der Waals surface area contributed by atoms with Gasteiger partial charge >= 0.3 is 6.18 Å². The molecule has 0 aliphatic carbocycles. The summed E-state index contributed by atoms with van der Waals surface area (Å²) in [7, 11) is 0. The van der Waals surface area contributed by atoms with E-state index in [-0.39, 0.29) is 11.4 Å². The third-order valence-corrected chi connectivity index (χ3v) is 3.16. The van der Waals surface area contributed by atoms with Crippen molar-refractivity contribution in [1.29, 1.82) is 0 Å². The molecule has 0 amide bonds. The minimum atomic E-state index is -4.36. The lowest BCUT2D eigenvalue weighted by atomic mass is 10.1. The van der Waals surface area contributed by atoms with Crippen LogP contribution in [0.2, 0.25) is 0 Å². The van der Waals surface area contributed by atoms with E-state index in [1.54, 1.807) is 6.07 Å². The van der Waals surface area contributed by atoms with Crippen molar-refractivity contribution in [2.24, 2.45) is 5.92 Å². The first kappa shape index (κ1) is 16.2. The summed E-state index contributed by atoms with van der Waals surface area (Å²) in [6.45, 7) is 7.43. The molecule has 0 atom stereocenters. The van der Waals surface area contributed by atoms with E-state index in [0.29, 0.717) is 18.2 Å². The van der Waals surface area contributed by atoms with E-state index in [1.807, 2.05) is 25.7 Å². The van der Waals surface area contributed by atoms with Crippen molar-refractivity contribution in [2.45, 2.75) is 32.8 Å². The quantitative estimate of drug-likeness (QED) is 0.696. The Labute approximate surface area is 117 Å². The van der Waals surface area contributed by atoms with Crippen LogP contribution in [0.4, 0.5) is 18.9 Å². The lowest BCUT2D eigenvalue weighted by molar-refractivity contribution is -0.138. The second-order valence-corrected chi connectivity index (χ2v) is 5.17. The molecule has 0 saturated carbocycles. The molecule has 1 nitrogen and oxygen atoms in total. The topological polar surface area (TPSA) is 3.24 Å². The first-order valence-corrected chi connectivity index (χ1v) is 6.84. The molecular formula is C14H19ClF3N. The van der Waals surface area contributed by atoms with Crippen molar-refractivity contribution < 1.29 is 13.2 Å². The number of hydrogen-bond acceptors (Lipinski definition) is 1. The summed E-state index contributed by atoms with van der Waals surface area (Å²) in [5.41, 5.74) is 0.0816. The molecule has 0 fully saturated rings. The monoisotopic (exact) mass is 293 g/mol. The molecule has 0 aromatic heterocycles. The molecular weight excluding hydrogens is 275 g/mol. The number of rotatable bonds is 5. The molecule has 0 bridgehead atoms. The summed E-state index contributed by atoms with van der Waals surface area (Å²) in [5, 5.41) is 0. The molecule has 0 heterocycles. The molecule has 0 spiro atoms. The van der Waals surface area contributed by atoms with Gasteiger partial charge in [-0.05, 0) is 30.5 Å². The van der Waals surface area contributed by atoms with Crippen LogP contribution >= 0.6 is 11.6 Å². The van der Waals surface area contributed by atoms with Crippen molar-refractivity contribution in [2.75, 3.05) is 18.0 Å². The summed E-state index contributed by atoms with van der Waals surface area (Å²) in [5.74, 6) is 0.257. The van der Waals surface area contributed by atoms with E-state index in [0.717, 1.165) is 6.54 Å². The van der Waals surface area contributed by atoms with E-state index >= 15 is 0 Å². The van der Waals surface area contributed by atoms with Crippen molar-refractivity contribution in [3.8, 4) is 0 Å². The highest BCUT2D eigenvalue weighted by molar-refractivity contribution is 6.17. The largest absolute Gasteiger partial charge is 0.416 e. The molecule has 0 aliphatic rings. The molecule has 0 aliphatic heterocycles. The van der Waals surface area contributed by atoms with Gasteiger partial charge in [0.05, 0.1) is 5.56 Å².